The minimum absolute atomic E-state index is 0.0718. The molecule has 2 amide bonds. The molecule has 0 aliphatic carbocycles. The first kappa shape index (κ1) is 19.7. The molecule has 0 spiro atoms. The van der Waals surface area contributed by atoms with E-state index in [-0.39, 0.29) is 24.9 Å². The molecule has 0 bridgehead atoms. The second-order valence-electron chi connectivity index (χ2n) is 5.69. The van der Waals surface area contributed by atoms with Crippen LogP contribution in [0.15, 0.2) is 42.5 Å². The third-order valence-electron chi connectivity index (χ3n) is 3.45. The number of amides is 2. The van der Waals surface area contributed by atoms with Crippen molar-refractivity contribution >= 4 is 46.4 Å². The predicted octanol–water partition coefficient (Wildman–Crippen LogP) is 1.96. The summed E-state index contributed by atoms with van der Waals surface area (Å²) < 4.78 is 0. The fourth-order valence-corrected chi connectivity index (χ4v) is 2.74. The average molecular weight is 392 g/mol. The van der Waals surface area contributed by atoms with E-state index in [2.05, 4.69) is 10.6 Å². The molecule has 0 saturated heterocycles. The van der Waals surface area contributed by atoms with Crippen molar-refractivity contribution in [3.63, 3.8) is 0 Å². The summed E-state index contributed by atoms with van der Waals surface area (Å²) in [6.45, 7) is 0.173. The van der Waals surface area contributed by atoms with Crippen LogP contribution in [-0.4, -0.2) is 32.0 Å². The van der Waals surface area contributed by atoms with Crippen molar-refractivity contribution in [3.05, 3.63) is 58.1 Å². The van der Waals surface area contributed by atoms with Crippen LogP contribution in [0, 0.1) is 11.3 Å². The van der Waals surface area contributed by atoms with Gasteiger partial charge in [-0.25, -0.2) is 0 Å². The zero-order chi connectivity index (χ0) is 19.1. The molecule has 0 saturated carbocycles. The highest BCUT2D eigenvalue weighted by Crippen LogP contribution is 2.29. The molecule has 6 nitrogen and oxygen atoms in total. The van der Waals surface area contributed by atoms with Crippen LogP contribution in [0.5, 0.6) is 0 Å². The standard InChI is InChI=1S/C18H16Cl2N4O2/c1-24(10-16(25)22-13-7-5-12(9-21)6-8-13)11-17(26)23-18-14(19)3-2-4-15(18)20/h2-8H,10-11H2,1H3,(H,22,25)(H,23,26)/p+1. The monoisotopic (exact) mass is 391 g/mol. The quantitative estimate of drug-likeness (QED) is 0.703. The fourth-order valence-electron chi connectivity index (χ4n) is 2.24. The van der Waals surface area contributed by atoms with Crippen LogP contribution in [0.25, 0.3) is 0 Å². The Balaban J connectivity index is 1.85. The first-order valence-corrected chi connectivity index (χ1v) is 8.50. The van der Waals surface area contributed by atoms with Gasteiger partial charge in [-0.2, -0.15) is 5.26 Å². The molecule has 0 heterocycles. The van der Waals surface area contributed by atoms with Crippen molar-refractivity contribution in [3.8, 4) is 6.07 Å². The van der Waals surface area contributed by atoms with E-state index in [1.54, 1.807) is 49.5 Å². The summed E-state index contributed by atoms with van der Waals surface area (Å²) in [4.78, 5) is 24.9. The molecular weight excluding hydrogens is 375 g/mol. The van der Waals surface area contributed by atoms with Crippen molar-refractivity contribution in [2.45, 2.75) is 0 Å². The normalized spacial score (nSPS) is 11.3. The maximum absolute atomic E-state index is 12.1. The number of halogens is 2. The van der Waals surface area contributed by atoms with E-state index in [0.29, 0.717) is 31.9 Å². The Hall–Kier alpha value is -2.59. The number of carbonyl (C=O) groups is 2. The zero-order valence-corrected chi connectivity index (χ0v) is 15.5. The Labute approximate surface area is 161 Å². The first-order chi connectivity index (χ1) is 12.4. The number of nitrogens with zero attached hydrogens (tertiary/aromatic N) is 1. The molecule has 0 aliphatic rings. The van der Waals surface area contributed by atoms with Gasteiger partial charge in [0.25, 0.3) is 11.8 Å². The molecule has 0 fully saturated rings. The third-order valence-corrected chi connectivity index (χ3v) is 4.08. The molecule has 2 aromatic carbocycles. The van der Waals surface area contributed by atoms with Crippen LogP contribution in [0.4, 0.5) is 11.4 Å². The van der Waals surface area contributed by atoms with Crippen molar-refractivity contribution in [1.29, 1.82) is 5.26 Å². The lowest BCUT2D eigenvalue weighted by atomic mass is 10.2. The number of anilines is 2. The highest BCUT2D eigenvalue weighted by molar-refractivity contribution is 6.39. The third kappa shape index (κ3) is 5.74. The number of nitrogens with one attached hydrogen (secondary N) is 3. The molecule has 8 heteroatoms. The van der Waals surface area contributed by atoms with Gasteiger partial charge in [0.15, 0.2) is 13.1 Å². The Morgan fingerprint density at radius 1 is 1.00 bits per heavy atom. The van der Waals surface area contributed by atoms with E-state index in [1.165, 1.54) is 0 Å². The molecular formula is C18H17Cl2N4O2+. The van der Waals surface area contributed by atoms with Gasteiger partial charge in [0, 0.05) is 5.69 Å². The van der Waals surface area contributed by atoms with Gasteiger partial charge in [-0.05, 0) is 36.4 Å². The number of likely N-dealkylation sites (N-methyl/N-ethyl adjacent to an activating group) is 1. The number of carbonyl (C=O) groups excluding carboxylic acids is 2. The lowest BCUT2D eigenvalue weighted by Gasteiger charge is -2.14. The second-order valence-corrected chi connectivity index (χ2v) is 6.51. The molecule has 3 N–H and O–H groups in total. The SMILES string of the molecule is C[NH+](CC(=O)Nc1ccc(C#N)cc1)CC(=O)Nc1c(Cl)cccc1Cl. The largest absolute Gasteiger partial charge is 0.322 e. The second kappa shape index (κ2) is 9.20. The van der Waals surface area contributed by atoms with Crippen LogP contribution in [-0.2, 0) is 9.59 Å². The zero-order valence-electron chi connectivity index (χ0n) is 14.0. The number of hydrogen-bond acceptors (Lipinski definition) is 3. The molecule has 0 aromatic heterocycles. The number of benzene rings is 2. The Morgan fingerprint density at radius 2 is 1.54 bits per heavy atom. The molecule has 134 valence electrons. The lowest BCUT2D eigenvalue weighted by Crippen LogP contribution is -3.11. The molecule has 0 radical (unpaired) electrons. The minimum atomic E-state index is -0.302. The molecule has 2 aromatic rings. The molecule has 0 aliphatic heterocycles. The molecule has 1 unspecified atom stereocenters. The maximum Gasteiger partial charge on any atom is 0.279 e. The van der Waals surface area contributed by atoms with E-state index >= 15 is 0 Å². The number of hydrogen-bond donors (Lipinski definition) is 3. The summed E-state index contributed by atoms with van der Waals surface area (Å²) >= 11 is 12.0. The molecule has 26 heavy (non-hydrogen) atoms. The maximum atomic E-state index is 12.1. The smallest absolute Gasteiger partial charge is 0.279 e. The van der Waals surface area contributed by atoms with E-state index in [9.17, 15) is 9.59 Å². The first-order valence-electron chi connectivity index (χ1n) is 7.74. The molecule has 2 rings (SSSR count). The lowest BCUT2D eigenvalue weighted by molar-refractivity contribution is -0.862. The van der Waals surface area contributed by atoms with E-state index in [4.69, 9.17) is 28.5 Å². The van der Waals surface area contributed by atoms with Gasteiger partial charge in [0.2, 0.25) is 0 Å². The van der Waals surface area contributed by atoms with Gasteiger partial charge in [-0.15, -0.1) is 0 Å². The minimum Gasteiger partial charge on any atom is -0.322 e. The van der Waals surface area contributed by atoms with Crippen molar-refractivity contribution in [1.82, 2.24) is 0 Å². The van der Waals surface area contributed by atoms with Crippen LogP contribution in [0.2, 0.25) is 10.0 Å². The van der Waals surface area contributed by atoms with E-state index < -0.39 is 0 Å². The average Bonchev–Trinajstić information content (AvgIpc) is 2.58. The summed E-state index contributed by atoms with van der Waals surface area (Å²) in [6.07, 6.45) is 0. The summed E-state index contributed by atoms with van der Waals surface area (Å²) in [5.41, 5.74) is 1.46. The van der Waals surface area contributed by atoms with Crippen molar-refractivity contribution in [2.75, 3.05) is 30.8 Å². The van der Waals surface area contributed by atoms with Crippen molar-refractivity contribution in [2.24, 2.45) is 0 Å². The summed E-state index contributed by atoms with van der Waals surface area (Å²) in [5.74, 6) is -0.542. The van der Waals surface area contributed by atoms with Crippen LogP contribution >= 0.6 is 23.2 Å². The van der Waals surface area contributed by atoms with Gasteiger partial charge < -0.3 is 15.5 Å². The Bertz CT molecular complexity index is 827. The van der Waals surface area contributed by atoms with Gasteiger partial charge in [-0.1, -0.05) is 29.3 Å². The summed E-state index contributed by atoms with van der Waals surface area (Å²) in [5, 5.41) is 14.8. The molecule has 1 atom stereocenters. The van der Waals surface area contributed by atoms with Gasteiger partial charge in [-0.3, -0.25) is 9.59 Å². The van der Waals surface area contributed by atoms with Gasteiger partial charge in [0.1, 0.15) is 0 Å². The van der Waals surface area contributed by atoms with E-state index in [0.717, 1.165) is 0 Å². The Morgan fingerprint density at radius 3 is 2.08 bits per heavy atom. The van der Waals surface area contributed by atoms with Gasteiger partial charge >= 0.3 is 0 Å². The summed E-state index contributed by atoms with van der Waals surface area (Å²) in [6, 6.07) is 13.5. The highest BCUT2D eigenvalue weighted by Gasteiger charge is 2.16. The van der Waals surface area contributed by atoms with Crippen molar-refractivity contribution < 1.29 is 14.5 Å². The highest BCUT2D eigenvalue weighted by atomic mass is 35.5. The number of nitriles is 1. The Kier molecular flexibility index (Phi) is 6.98. The number of rotatable bonds is 6. The predicted molar refractivity (Wildman–Crippen MR) is 101 cm³/mol. The fraction of sp³-hybridized carbons (Fsp3) is 0.167. The van der Waals surface area contributed by atoms with Gasteiger partial charge in [0.05, 0.1) is 34.4 Å². The topological polar surface area (TPSA) is 86.4 Å². The number of quaternary nitrogens is 1. The van der Waals surface area contributed by atoms with E-state index in [1.807, 2.05) is 6.07 Å². The summed E-state index contributed by atoms with van der Waals surface area (Å²) in [7, 11) is 1.73. The van der Waals surface area contributed by atoms with Crippen LogP contribution < -0.4 is 15.5 Å². The van der Waals surface area contributed by atoms with Crippen LogP contribution in [0.1, 0.15) is 5.56 Å². The number of para-hydroxylation sites is 1. The van der Waals surface area contributed by atoms with Crippen LogP contribution in [0.3, 0.4) is 0 Å².